The van der Waals surface area contributed by atoms with Crippen LogP contribution < -0.4 is 4.74 Å². The van der Waals surface area contributed by atoms with E-state index >= 15 is 0 Å². The van der Waals surface area contributed by atoms with Crippen LogP contribution in [0.5, 0.6) is 11.6 Å². The van der Waals surface area contributed by atoms with Gasteiger partial charge >= 0.3 is 0 Å². The number of carbonyl (C=O) groups is 1. The summed E-state index contributed by atoms with van der Waals surface area (Å²) in [7, 11) is 0. The Morgan fingerprint density at radius 3 is 2.36 bits per heavy atom. The lowest BCUT2D eigenvalue weighted by Gasteiger charge is -2.06. The van der Waals surface area contributed by atoms with E-state index in [4.69, 9.17) is 16.3 Å². The Labute approximate surface area is 131 Å². The van der Waals surface area contributed by atoms with Gasteiger partial charge in [0.2, 0.25) is 5.78 Å². The summed E-state index contributed by atoms with van der Waals surface area (Å²) < 4.78 is 5.52. The summed E-state index contributed by atoms with van der Waals surface area (Å²) in [5.74, 6) is 0.581. The molecular formula is C16H10ClN3O2. The maximum Gasteiger partial charge on any atom is 0.257 e. The molecule has 3 rings (SSSR count). The smallest absolute Gasteiger partial charge is 0.257 e. The van der Waals surface area contributed by atoms with Crippen LogP contribution in [-0.2, 0) is 0 Å². The van der Waals surface area contributed by atoms with Gasteiger partial charge in [0.1, 0.15) is 11.4 Å². The standard InChI is InChI=1S/C16H10ClN3O2/c17-15-16(20-10-9-19-15)22-12-6-4-11(5-7-12)14(21)13-3-1-2-8-18-13/h1-10H. The predicted molar refractivity (Wildman–Crippen MR) is 81.2 cm³/mol. The second kappa shape index (κ2) is 6.32. The fraction of sp³-hybridized carbons (Fsp3) is 0. The number of halogens is 1. The summed E-state index contributed by atoms with van der Waals surface area (Å²) >= 11 is 5.87. The van der Waals surface area contributed by atoms with Crippen molar-refractivity contribution in [1.82, 2.24) is 15.0 Å². The zero-order valence-electron chi connectivity index (χ0n) is 11.3. The van der Waals surface area contributed by atoms with Crippen molar-refractivity contribution < 1.29 is 9.53 Å². The van der Waals surface area contributed by atoms with Crippen LogP contribution in [0.25, 0.3) is 0 Å². The van der Waals surface area contributed by atoms with Crippen molar-refractivity contribution in [2.45, 2.75) is 0 Å². The number of carbonyl (C=O) groups excluding carboxylic acids is 1. The molecule has 2 heterocycles. The summed E-state index contributed by atoms with van der Waals surface area (Å²) in [6.07, 6.45) is 4.55. The lowest BCUT2D eigenvalue weighted by atomic mass is 10.1. The lowest BCUT2D eigenvalue weighted by molar-refractivity contribution is 0.103. The van der Waals surface area contributed by atoms with E-state index in [0.717, 1.165) is 0 Å². The van der Waals surface area contributed by atoms with Gasteiger partial charge in [-0.05, 0) is 36.4 Å². The van der Waals surface area contributed by atoms with Crippen LogP contribution in [0.15, 0.2) is 61.1 Å². The number of ether oxygens (including phenoxy) is 1. The molecule has 2 aromatic heterocycles. The van der Waals surface area contributed by atoms with E-state index < -0.39 is 0 Å². The average molecular weight is 312 g/mol. The molecule has 0 aliphatic heterocycles. The third-order valence-electron chi connectivity index (χ3n) is 2.85. The first-order chi connectivity index (χ1) is 10.7. The lowest BCUT2D eigenvalue weighted by Crippen LogP contribution is -2.03. The molecule has 0 aliphatic carbocycles. The van der Waals surface area contributed by atoms with Crippen LogP contribution in [-0.4, -0.2) is 20.7 Å². The fourth-order valence-corrected chi connectivity index (χ4v) is 1.95. The Balaban J connectivity index is 1.79. The van der Waals surface area contributed by atoms with Gasteiger partial charge in [0.15, 0.2) is 5.15 Å². The van der Waals surface area contributed by atoms with Gasteiger partial charge in [-0.1, -0.05) is 17.7 Å². The first-order valence-corrected chi connectivity index (χ1v) is 6.82. The molecule has 0 spiro atoms. The topological polar surface area (TPSA) is 65.0 Å². The molecule has 108 valence electrons. The van der Waals surface area contributed by atoms with Gasteiger partial charge < -0.3 is 4.74 Å². The summed E-state index contributed by atoms with van der Waals surface area (Å²) in [6.45, 7) is 0. The highest BCUT2D eigenvalue weighted by Crippen LogP contribution is 2.25. The quantitative estimate of drug-likeness (QED) is 0.689. The number of ketones is 1. The second-order valence-corrected chi connectivity index (χ2v) is 4.68. The fourth-order valence-electron chi connectivity index (χ4n) is 1.81. The van der Waals surface area contributed by atoms with Crippen molar-refractivity contribution in [3.63, 3.8) is 0 Å². The minimum absolute atomic E-state index is 0.148. The number of benzene rings is 1. The molecule has 0 bridgehead atoms. The molecule has 3 aromatic rings. The Kier molecular flexibility index (Phi) is 4.07. The van der Waals surface area contributed by atoms with Crippen molar-refractivity contribution in [3.05, 3.63) is 77.5 Å². The zero-order valence-corrected chi connectivity index (χ0v) is 12.1. The molecular weight excluding hydrogens is 302 g/mol. The van der Waals surface area contributed by atoms with Crippen LogP contribution in [0.2, 0.25) is 5.15 Å². The molecule has 0 saturated carbocycles. The van der Waals surface area contributed by atoms with E-state index in [1.54, 1.807) is 48.7 Å². The van der Waals surface area contributed by atoms with Crippen LogP contribution in [0, 0.1) is 0 Å². The number of rotatable bonds is 4. The number of pyridine rings is 1. The van der Waals surface area contributed by atoms with Gasteiger partial charge in [0, 0.05) is 24.2 Å². The molecule has 0 amide bonds. The Morgan fingerprint density at radius 1 is 0.909 bits per heavy atom. The number of aromatic nitrogens is 3. The molecule has 6 heteroatoms. The minimum atomic E-state index is -0.148. The molecule has 1 aromatic carbocycles. The van der Waals surface area contributed by atoms with E-state index in [0.29, 0.717) is 17.0 Å². The highest BCUT2D eigenvalue weighted by atomic mass is 35.5. The Hall–Kier alpha value is -2.79. The SMILES string of the molecule is O=C(c1ccc(Oc2nccnc2Cl)cc1)c1ccccn1. The third-order valence-corrected chi connectivity index (χ3v) is 3.11. The van der Waals surface area contributed by atoms with Crippen molar-refractivity contribution in [1.29, 1.82) is 0 Å². The molecule has 22 heavy (non-hydrogen) atoms. The molecule has 0 radical (unpaired) electrons. The monoisotopic (exact) mass is 311 g/mol. The summed E-state index contributed by atoms with van der Waals surface area (Å²) in [4.78, 5) is 24.1. The summed E-state index contributed by atoms with van der Waals surface area (Å²) in [5, 5.41) is 0.177. The Bertz CT molecular complexity index is 792. The van der Waals surface area contributed by atoms with Crippen molar-refractivity contribution in [2.75, 3.05) is 0 Å². The maximum atomic E-state index is 12.2. The molecule has 0 N–H and O–H groups in total. The van der Waals surface area contributed by atoms with E-state index in [1.807, 2.05) is 0 Å². The predicted octanol–water partition coefficient (Wildman–Crippen LogP) is 3.55. The van der Waals surface area contributed by atoms with Crippen molar-refractivity contribution in [2.24, 2.45) is 0 Å². The average Bonchev–Trinajstić information content (AvgIpc) is 2.58. The molecule has 0 saturated heterocycles. The van der Waals surface area contributed by atoms with Gasteiger partial charge in [-0.15, -0.1) is 0 Å². The molecule has 0 fully saturated rings. The maximum absolute atomic E-state index is 12.2. The van der Waals surface area contributed by atoms with E-state index in [9.17, 15) is 4.79 Å². The number of hydrogen-bond donors (Lipinski definition) is 0. The minimum Gasteiger partial charge on any atom is -0.436 e. The summed E-state index contributed by atoms with van der Waals surface area (Å²) in [6, 6.07) is 11.9. The highest BCUT2D eigenvalue weighted by Gasteiger charge is 2.10. The highest BCUT2D eigenvalue weighted by molar-refractivity contribution is 6.30. The first-order valence-electron chi connectivity index (χ1n) is 6.44. The molecule has 0 unspecified atom stereocenters. The second-order valence-electron chi connectivity index (χ2n) is 4.32. The Morgan fingerprint density at radius 2 is 1.68 bits per heavy atom. The van der Waals surface area contributed by atoms with E-state index in [2.05, 4.69) is 15.0 Å². The number of nitrogens with zero attached hydrogens (tertiary/aromatic N) is 3. The van der Waals surface area contributed by atoms with Crippen LogP contribution >= 0.6 is 11.6 Å². The third kappa shape index (κ3) is 3.10. The first kappa shape index (κ1) is 14.2. The van der Waals surface area contributed by atoms with Crippen LogP contribution in [0.4, 0.5) is 0 Å². The molecule has 0 atom stereocenters. The van der Waals surface area contributed by atoms with Crippen LogP contribution in [0.3, 0.4) is 0 Å². The van der Waals surface area contributed by atoms with Gasteiger partial charge in [0.05, 0.1) is 0 Å². The van der Waals surface area contributed by atoms with E-state index in [-0.39, 0.29) is 16.8 Å². The normalized spacial score (nSPS) is 10.2. The largest absolute Gasteiger partial charge is 0.436 e. The van der Waals surface area contributed by atoms with Crippen LogP contribution in [0.1, 0.15) is 16.1 Å². The zero-order chi connectivity index (χ0) is 15.4. The van der Waals surface area contributed by atoms with Gasteiger partial charge in [-0.25, -0.2) is 9.97 Å². The van der Waals surface area contributed by atoms with E-state index in [1.165, 1.54) is 12.4 Å². The van der Waals surface area contributed by atoms with Gasteiger partial charge in [-0.3, -0.25) is 9.78 Å². The number of hydrogen-bond acceptors (Lipinski definition) is 5. The molecule has 0 aliphatic rings. The van der Waals surface area contributed by atoms with Crippen molar-refractivity contribution >= 4 is 17.4 Å². The van der Waals surface area contributed by atoms with Crippen molar-refractivity contribution in [3.8, 4) is 11.6 Å². The van der Waals surface area contributed by atoms with Gasteiger partial charge in [-0.2, -0.15) is 0 Å². The molecule has 5 nitrogen and oxygen atoms in total. The van der Waals surface area contributed by atoms with Gasteiger partial charge in [0.25, 0.3) is 5.88 Å². The summed E-state index contributed by atoms with van der Waals surface area (Å²) in [5.41, 5.74) is 0.921.